The molecule has 0 atom stereocenters. The van der Waals surface area contributed by atoms with Gasteiger partial charge >= 0.3 is 0 Å². The summed E-state index contributed by atoms with van der Waals surface area (Å²) in [5.74, 6) is 1.14. The fourth-order valence-corrected chi connectivity index (χ4v) is 2.10. The molecule has 0 saturated heterocycles. The average Bonchev–Trinajstić information content (AvgIpc) is 2.79. The Hall–Kier alpha value is -1.61. The first-order chi connectivity index (χ1) is 8.35. The third-order valence-corrected chi connectivity index (χ3v) is 3.03. The summed E-state index contributed by atoms with van der Waals surface area (Å²) in [6.07, 6.45) is 3.89. The summed E-state index contributed by atoms with van der Waals surface area (Å²) >= 11 is 0. The summed E-state index contributed by atoms with van der Waals surface area (Å²) in [4.78, 5) is 4.46. The quantitative estimate of drug-likeness (QED) is 0.853. The van der Waals surface area contributed by atoms with Gasteiger partial charge in [-0.2, -0.15) is 0 Å². The van der Waals surface area contributed by atoms with E-state index in [0.29, 0.717) is 6.54 Å². The van der Waals surface area contributed by atoms with Crippen LogP contribution in [0.25, 0.3) is 0 Å². The molecule has 2 N–H and O–H groups in total. The Morgan fingerprint density at radius 1 is 1.18 bits per heavy atom. The van der Waals surface area contributed by atoms with Crippen molar-refractivity contribution in [3.8, 4) is 0 Å². The minimum absolute atomic E-state index is 0.562. The van der Waals surface area contributed by atoms with E-state index < -0.39 is 0 Å². The average molecular weight is 229 g/mol. The Kier molecular flexibility index (Phi) is 3.94. The fourth-order valence-electron chi connectivity index (χ4n) is 2.10. The monoisotopic (exact) mass is 229 g/mol. The van der Waals surface area contributed by atoms with Crippen molar-refractivity contribution in [2.75, 3.05) is 0 Å². The highest BCUT2D eigenvalue weighted by atomic mass is 15.1. The highest BCUT2D eigenvalue weighted by molar-refractivity contribution is 5.16. The number of aryl methyl sites for hydroxylation is 2. The number of hydrogen-bond acceptors (Lipinski definition) is 2. The van der Waals surface area contributed by atoms with Crippen molar-refractivity contribution in [2.45, 2.75) is 32.9 Å². The molecule has 2 rings (SSSR count). The summed E-state index contributed by atoms with van der Waals surface area (Å²) in [5, 5.41) is 0. The van der Waals surface area contributed by atoms with Crippen LogP contribution in [0.4, 0.5) is 0 Å². The van der Waals surface area contributed by atoms with Crippen molar-refractivity contribution in [3.63, 3.8) is 0 Å². The van der Waals surface area contributed by atoms with Gasteiger partial charge in [-0.1, -0.05) is 30.3 Å². The van der Waals surface area contributed by atoms with Crippen LogP contribution in [0.1, 0.15) is 24.0 Å². The van der Waals surface area contributed by atoms with Crippen LogP contribution in [0.3, 0.4) is 0 Å². The first-order valence-corrected chi connectivity index (χ1v) is 6.12. The van der Waals surface area contributed by atoms with Gasteiger partial charge in [0.2, 0.25) is 0 Å². The molecular formula is C14H19N3. The van der Waals surface area contributed by atoms with Crippen molar-refractivity contribution in [1.82, 2.24) is 9.55 Å². The lowest BCUT2D eigenvalue weighted by atomic mass is 10.1. The molecule has 3 nitrogen and oxygen atoms in total. The summed E-state index contributed by atoms with van der Waals surface area (Å²) in [6, 6.07) is 10.5. The van der Waals surface area contributed by atoms with Crippen molar-refractivity contribution in [3.05, 3.63) is 53.6 Å². The number of nitrogens with two attached hydrogens (primary N) is 1. The molecule has 17 heavy (non-hydrogen) atoms. The third kappa shape index (κ3) is 2.74. The normalized spacial score (nSPS) is 10.7. The molecule has 0 aliphatic heterocycles. The zero-order chi connectivity index (χ0) is 12.1. The number of benzene rings is 1. The summed E-state index contributed by atoms with van der Waals surface area (Å²) < 4.78 is 2.21. The minimum Gasteiger partial charge on any atom is -0.331 e. The van der Waals surface area contributed by atoms with Crippen molar-refractivity contribution in [2.24, 2.45) is 5.73 Å². The maximum absolute atomic E-state index is 5.69. The molecule has 1 heterocycles. The third-order valence-electron chi connectivity index (χ3n) is 3.03. The van der Waals surface area contributed by atoms with Crippen LogP contribution in [0.2, 0.25) is 0 Å². The molecule has 0 saturated carbocycles. The Labute approximate surface area is 102 Å². The number of aromatic nitrogens is 2. The van der Waals surface area contributed by atoms with Crippen LogP contribution in [0.15, 0.2) is 36.5 Å². The smallest absolute Gasteiger partial charge is 0.109 e. The first-order valence-electron chi connectivity index (χ1n) is 6.12. The number of nitrogens with zero attached hydrogens (tertiary/aromatic N) is 2. The Bertz CT molecular complexity index is 460. The van der Waals surface area contributed by atoms with Crippen molar-refractivity contribution < 1.29 is 0 Å². The molecule has 0 amide bonds. The van der Waals surface area contributed by atoms with Crippen LogP contribution >= 0.6 is 0 Å². The summed E-state index contributed by atoms with van der Waals surface area (Å²) in [6.45, 7) is 3.63. The maximum Gasteiger partial charge on any atom is 0.109 e. The van der Waals surface area contributed by atoms with Crippen LogP contribution in [-0.2, 0) is 25.9 Å². The van der Waals surface area contributed by atoms with Crippen molar-refractivity contribution in [1.29, 1.82) is 0 Å². The van der Waals surface area contributed by atoms with E-state index in [-0.39, 0.29) is 0 Å². The first kappa shape index (κ1) is 11.9. The highest BCUT2D eigenvalue weighted by Crippen LogP contribution is 2.09. The number of hydrogen-bond donors (Lipinski definition) is 1. The molecule has 0 radical (unpaired) electrons. The molecule has 2 aromatic rings. The zero-order valence-corrected chi connectivity index (χ0v) is 10.3. The lowest BCUT2D eigenvalue weighted by molar-refractivity contribution is 0.657. The van der Waals surface area contributed by atoms with Gasteiger partial charge in [0, 0.05) is 25.7 Å². The van der Waals surface area contributed by atoms with Gasteiger partial charge in [-0.3, -0.25) is 0 Å². The predicted molar refractivity (Wildman–Crippen MR) is 69.6 cm³/mol. The van der Waals surface area contributed by atoms with E-state index >= 15 is 0 Å². The van der Waals surface area contributed by atoms with E-state index in [2.05, 4.69) is 40.7 Å². The zero-order valence-electron chi connectivity index (χ0n) is 10.3. The van der Waals surface area contributed by atoms with Gasteiger partial charge in [-0.25, -0.2) is 4.98 Å². The molecule has 0 fully saturated rings. The van der Waals surface area contributed by atoms with E-state index in [9.17, 15) is 0 Å². The van der Waals surface area contributed by atoms with E-state index in [0.717, 1.165) is 30.9 Å². The molecule has 1 aromatic heterocycles. The second kappa shape index (κ2) is 5.64. The van der Waals surface area contributed by atoms with E-state index in [1.807, 2.05) is 12.3 Å². The molecule has 90 valence electrons. The standard InChI is InChI=1S/C14H19N3/c1-2-17-13(10-15)11-16-14(17)9-8-12-6-4-3-5-7-12/h3-7,11H,2,8-10,15H2,1H3. The molecule has 0 aliphatic carbocycles. The van der Waals surface area contributed by atoms with Gasteiger partial charge in [-0.05, 0) is 18.9 Å². The van der Waals surface area contributed by atoms with Crippen LogP contribution in [-0.4, -0.2) is 9.55 Å². The van der Waals surface area contributed by atoms with Gasteiger partial charge in [0.15, 0.2) is 0 Å². The topological polar surface area (TPSA) is 43.8 Å². The summed E-state index contributed by atoms with van der Waals surface area (Å²) in [7, 11) is 0. The fraction of sp³-hybridized carbons (Fsp3) is 0.357. The number of rotatable bonds is 5. The highest BCUT2D eigenvalue weighted by Gasteiger charge is 2.06. The molecule has 1 aromatic carbocycles. The van der Waals surface area contributed by atoms with Gasteiger partial charge < -0.3 is 10.3 Å². The van der Waals surface area contributed by atoms with Crippen LogP contribution in [0.5, 0.6) is 0 Å². The van der Waals surface area contributed by atoms with Gasteiger partial charge in [-0.15, -0.1) is 0 Å². The number of imidazole rings is 1. The predicted octanol–water partition coefficient (Wildman–Crippen LogP) is 2.15. The molecule has 0 bridgehead atoms. The van der Waals surface area contributed by atoms with E-state index in [1.54, 1.807) is 0 Å². The largest absolute Gasteiger partial charge is 0.331 e. The van der Waals surface area contributed by atoms with Gasteiger partial charge in [0.05, 0.1) is 5.69 Å². The second-order valence-corrected chi connectivity index (χ2v) is 4.10. The molecular weight excluding hydrogens is 210 g/mol. The minimum atomic E-state index is 0.562. The Morgan fingerprint density at radius 2 is 1.94 bits per heavy atom. The molecule has 0 spiro atoms. The van der Waals surface area contributed by atoms with Gasteiger partial charge in [0.25, 0.3) is 0 Å². The van der Waals surface area contributed by atoms with E-state index in [1.165, 1.54) is 5.56 Å². The molecule has 0 unspecified atom stereocenters. The van der Waals surface area contributed by atoms with Crippen LogP contribution in [0, 0.1) is 0 Å². The lowest BCUT2D eigenvalue weighted by Crippen LogP contribution is -2.09. The van der Waals surface area contributed by atoms with Crippen LogP contribution < -0.4 is 5.73 Å². The van der Waals surface area contributed by atoms with E-state index in [4.69, 9.17) is 5.73 Å². The maximum atomic E-state index is 5.69. The summed E-state index contributed by atoms with van der Waals surface area (Å²) in [5.41, 5.74) is 8.16. The van der Waals surface area contributed by atoms with Gasteiger partial charge in [0.1, 0.15) is 5.82 Å². The Morgan fingerprint density at radius 3 is 2.59 bits per heavy atom. The lowest BCUT2D eigenvalue weighted by Gasteiger charge is -2.08. The Balaban J connectivity index is 2.06. The second-order valence-electron chi connectivity index (χ2n) is 4.10. The molecule has 0 aliphatic rings. The SMILES string of the molecule is CCn1c(CN)cnc1CCc1ccccc1. The molecule has 3 heteroatoms. The van der Waals surface area contributed by atoms with Crippen molar-refractivity contribution >= 4 is 0 Å².